The van der Waals surface area contributed by atoms with Gasteiger partial charge in [-0.3, -0.25) is 14.9 Å². The van der Waals surface area contributed by atoms with Crippen LogP contribution in [0, 0.1) is 21.7 Å². The van der Waals surface area contributed by atoms with Gasteiger partial charge in [-0.05, 0) is 25.1 Å². The minimum atomic E-state index is -0.806. The first-order chi connectivity index (χ1) is 14.7. The molecule has 3 rings (SSSR count). The van der Waals surface area contributed by atoms with E-state index in [9.17, 15) is 23.7 Å². The summed E-state index contributed by atoms with van der Waals surface area (Å²) < 4.78 is 37.4. The zero-order valence-corrected chi connectivity index (χ0v) is 16.5. The Morgan fingerprint density at radius 1 is 1.32 bits per heavy atom. The molecule has 0 aliphatic carbocycles. The molecule has 0 saturated heterocycles. The van der Waals surface area contributed by atoms with Crippen LogP contribution in [0.2, 0.25) is 0 Å². The molecule has 0 radical (unpaired) electrons. The Labute approximate surface area is 175 Å². The Hall–Kier alpha value is -3.86. The Morgan fingerprint density at radius 2 is 2.06 bits per heavy atom. The van der Waals surface area contributed by atoms with Gasteiger partial charge in [-0.15, -0.1) is 0 Å². The van der Waals surface area contributed by atoms with Crippen molar-refractivity contribution in [1.29, 1.82) is 0 Å². The molecule has 0 saturated carbocycles. The van der Waals surface area contributed by atoms with Gasteiger partial charge in [-0.25, -0.2) is 13.8 Å². The van der Waals surface area contributed by atoms with Gasteiger partial charge in [0.25, 0.3) is 5.91 Å². The molecule has 1 aromatic heterocycles. The molecule has 1 heterocycles. The maximum absolute atomic E-state index is 13.8. The van der Waals surface area contributed by atoms with Crippen molar-refractivity contribution >= 4 is 11.6 Å². The third kappa shape index (κ3) is 4.67. The van der Waals surface area contributed by atoms with Crippen LogP contribution in [-0.4, -0.2) is 22.9 Å². The molecule has 3 aromatic rings. The quantitative estimate of drug-likeness (QED) is 0.431. The molecule has 0 bridgehead atoms. The monoisotopic (exact) mass is 432 g/mol. The van der Waals surface area contributed by atoms with Crippen LogP contribution < -0.4 is 15.8 Å². The van der Waals surface area contributed by atoms with Crippen LogP contribution >= 0.6 is 0 Å². The lowest BCUT2D eigenvalue weighted by Crippen LogP contribution is -2.25. The second-order valence-electron chi connectivity index (χ2n) is 6.58. The molecule has 3 N–H and O–H groups in total. The van der Waals surface area contributed by atoms with E-state index in [1.807, 2.05) is 0 Å². The molecule has 9 nitrogen and oxygen atoms in total. The second-order valence-corrected chi connectivity index (χ2v) is 6.58. The van der Waals surface area contributed by atoms with Crippen molar-refractivity contribution in [2.75, 3.05) is 7.11 Å². The number of amides is 1. The number of nitrogens with two attached hydrogens (primary N) is 1. The number of nitro benzene ring substituents is 1. The number of nitrogens with zero attached hydrogens (tertiary/aromatic N) is 2. The lowest BCUT2D eigenvalue weighted by Gasteiger charge is -2.07. The predicted octanol–water partition coefficient (Wildman–Crippen LogP) is 3.49. The average Bonchev–Trinajstić information content (AvgIpc) is 3.18. The number of halogens is 2. The van der Waals surface area contributed by atoms with Crippen LogP contribution in [0.1, 0.15) is 34.8 Å². The van der Waals surface area contributed by atoms with Crippen molar-refractivity contribution in [3.8, 4) is 17.2 Å². The molecule has 162 valence electrons. The number of nitro groups is 1. The first-order valence-corrected chi connectivity index (χ1v) is 9.02. The van der Waals surface area contributed by atoms with Crippen LogP contribution in [0.25, 0.3) is 11.5 Å². The Bertz CT molecular complexity index is 1150. The van der Waals surface area contributed by atoms with E-state index >= 15 is 0 Å². The molecule has 31 heavy (non-hydrogen) atoms. The van der Waals surface area contributed by atoms with Gasteiger partial charge in [-0.2, -0.15) is 0 Å². The van der Waals surface area contributed by atoms with Gasteiger partial charge < -0.3 is 20.2 Å². The standard InChI is InChI=1S/C20H18F2N4O5/c1-10(23)18-17(19(27)24-9-12-3-5-13(21)8-14(12)22)25-20(31-18)11-4-6-16(30-2)15(7-11)26(28)29/h3-8,10H,9,23H2,1-2H3,(H,24,27)/t10-/m0/s1. The fraction of sp³-hybridized carbons (Fsp3) is 0.200. The lowest BCUT2D eigenvalue weighted by molar-refractivity contribution is -0.385. The largest absolute Gasteiger partial charge is 0.490 e. The van der Waals surface area contributed by atoms with Crippen molar-refractivity contribution in [2.24, 2.45) is 5.73 Å². The summed E-state index contributed by atoms with van der Waals surface area (Å²) in [6, 6.07) is 6.33. The van der Waals surface area contributed by atoms with Crippen molar-refractivity contribution in [3.05, 3.63) is 75.2 Å². The smallest absolute Gasteiger partial charge is 0.311 e. The number of methoxy groups -OCH3 is 1. The highest BCUT2D eigenvalue weighted by Gasteiger charge is 2.25. The van der Waals surface area contributed by atoms with E-state index in [1.165, 1.54) is 31.4 Å². The van der Waals surface area contributed by atoms with Crippen LogP contribution in [0.5, 0.6) is 5.75 Å². The third-order valence-electron chi connectivity index (χ3n) is 4.36. The second kappa shape index (κ2) is 8.88. The summed E-state index contributed by atoms with van der Waals surface area (Å²) in [5, 5.41) is 13.7. The van der Waals surface area contributed by atoms with Gasteiger partial charge in [0.05, 0.1) is 18.1 Å². The summed E-state index contributed by atoms with van der Waals surface area (Å²) in [6.45, 7) is 1.34. The first kappa shape index (κ1) is 21.8. The van der Waals surface area contributed by atoms with Gasteiger partial charge in [0.15, 0.2) is 17.2 Å². The fourth-order valence-corrected chi connectivity index (χ4v) is 2.82. The van der Waals surface area contributed by atoms with Gasteiger partial charge in [0.1, 0.15) is 11.6 Å². The topological polar surface area (TPSA) is 134 Å². The highest BCUT2D eigenvalue weighted by atomic mass is 19.1. The molecular weight excluding hydrogens is 414 g/mol. The molecule has 0 aliphatic rings. The van der Waals surface area contributed by atoms with E-state index in [1.54, 1.807) is 6.92 Å². The number of hydrogen-bond donors (Lipinski definition) is 2. The zero-order valence-electron chi connectivity index (χ0n) is 16.5. The summed E-state index contributed by atoms with van der Waals surface area (Å²) in [7, 11) is 1.30. The normalized spacial score (nSPS) is 11.8. The van der Waals surface area contributed by atoms with E-state index < -0.39 is 28.5 Å². The van der Waals surface area contributed by atoms with Crippen molar-refractivity contribution in [1.82, 2.24) is 10.3 Å². The molecule has 0 spiro atoms. The van der Waals surface area contributed by atoms with Crippen LogP contribution in [0.15, 0.2) is 40.8 Å². The lowest BCUT2D eigenvalue weighted by atomic mass is 10.2. The highest BCUT2D eigenvalue weighted by molar-refractivity contribution is 5.94. The zero-order chi connectivity index (χ0) is 22.7. The summed E-state index contributed by atoms with van der Waals surface area (Å²) in [4.78, 5) is 27.4. The maximum atomic E-state index is 13.8. The number of benzene rings is 2. The highest BCUT2D eigenvalue weighted by Crippen LogP contribution is 2.33. The average molecular weight is 432 g/mol. The summed E-state index contributed by atoms with van der Waals surface area (Å²) in [5.41, 5.74) is 5.73. The molecule has 2 aromatic carbocycles. The fourth-order valence-electron chi connectivity index (χ4n) is 2.82. The molecule has 0 fully saturated rings. The van der Waals surface area contributed by atoms with E-state index in [0.29, 0.717) is 6.07 Å². The molecule has 1 amide bonds. The third-order valence-corrected chi connectivity index (χ3v) is 4.36. The number of oxazole rings is 1. The minimum absolute atomic E-state index is 0.0468. The van der Waals surface area contributed by atoms with Crippen LogP contribution in [0.3, 0.4) is 0 Å². The number of hydrogen-bond acceptors (Lipinski definition) is 7. The first-order valence-electron chi connectivity index (χ1n) is 9.02. The number of aromatic nitrogens is 1. The molecule has 0 aliphatic heterocycles. The summed E-state index contributed by atoms with van der Waals surface area (Å²) >= 11 is 0. The van der Waals surface area contributed by atoms with E-state index in [-0.39, 0.29) is 46.5 Å². The minimum Gasteiger partial charge on any atom is -0.490 e. The summed E-state index contributed by atoms with van der Waals surface area (Å²) in [5.74, 6) is -2.21. The molecule has 0 unspecified atom stereocenters. The molecule has 11 heteroatoms. The number of nitrogens with one attached hydrogen (secondary N) is 1. The number of carbonyl (C=O) groups excluding carboxylic acids is 1. The van der Waals surface area contributed by atoms with Gasteiger partial charge >= 0.3 is 5.69 Å². The molecule has 1 atom stereocenters. The summed E-state index contributed by atoms with van der Waals surface area (Å²) in [6.07, 6.45) is 0. The SMILES string of the molecule is COc1ccc(-c2nc(C(=O)NCc3ccc(F)cc3F)c([C@H](C)N)o2)cc1[N+](=O)[O-]. The van der Waals surface area contributed by atoms with Crippen molar-refractivity contribution < 1.29 is 27.7 Å². The Kier molecular flexibility index (Phi) is 6.25. The van der Waals surface area contributed by atoms with Crippen LogP contribution in [-0.2, 0) is 6.54 Å². The number of ether oxygens (including phenoxy) is 1. The molecular formula is C20H18F2N4O5. The van der Waals surface area contributed by atoms with Crippen molar-refractivity contribution in [3.63, 3.8) is 0 Å². The van der Waals surface area contributed by atoms with Gasteiger partial charge in [0, 0.05) is 29.8 Å². The van der Waals surface area contributed by atoms with Crippen molar-refractivity contribution in [2.45, 2.75) is 19.5 Å². The van der Waals surface area contributed by atoms with Gasteiger partial charge in [0.2, 0.25) is 5.89 Å². The maximum Gasteiger partial charge on any atom is 0.311 e. The number of rotatable bonds is 7. The van der Waals surface area contributed by atoms with Gasteiger partial charge in [-0.1, -0.05) is 6.07 Å². The van der Waals surface area contributed by atoms with E-state index in [4.69, 9.17) is 14.9 Å². The van der Waals surface area contributed by atoms with E-state index in [0.717, 1.165) is 6.07 Å². The predicted molar refractivity (Wildman–Crippen MR) is 105 cm³/mol. The van der Waals surface area contributed by atoms with Crippen LogP contribution in [0.4, 0.5) is 14.5 Å². The Balaban J connectivity index is 1.91. The Morgan fingerprint density at radius 3 is 2.68 bits per heavy atom. The van der Waals surface area contributed by atoms with E-state index in [2.05, 4.69) is 10.3 Å². The number of carbonyl (C=O) groups is 1.